The van der Waals surface area contributed by atoms with Gasteiger partial charge in [-0.15, -0.1) is 0 Å². The van der Waals surface area contributed by atoms with Crippen molar-refractivity contribution in [3.8, 4) is 5.75 Å². The maximum atomic E-state index is 12.6. The molecule has 3 aromatic rings. The molecule has 2 aromatic carbocycles. The van der Waals surface area contributed by atoms with Gasteiger partial charge < -0.3 is 25.5 Å². The Kier molecular flexibility index (Phi) is 7.36. The number of benzene rings is 2. The van der Waals surface area contributed by atoms with Crippen LogP contribution in [0.2, 0.25) is 5.02 Å². The van der Waals surface area contributed by atoms with E-state index in [1.165, 1.54) is 18.9 Å². The number of hydrogen-bond acceptors (Lipinski definition) is 8. The minimum absolute atomic E-state index is 0.0815. The second-order valence-corrected chi connectivity index (χ2v) is 9.55. The number of amides is 1. The Morgan fingerprint density at radius 1 is 0.833 bits per heavy atom. The van der Waals surface area contributed by atoms with E-state index in [0.717, 1.165) is 51.9 Å². The van der Waals surface area contributed by atoms with E-state index in [0.29, 0.717) is 34.1 Å². The molecule has 10 heteroatoms. The summed E-state index contributed by atoms with van der Waals surface area (Å²) in [5.41, 5.74) is 1.22. The molecule has 0 atom stereocenters. The van der Waals surface area contributed by atoms with E-state index in [1.54, 1.807) is 36.4 Å². The molecule has 3 heterocycles. The summed E-state index contributed by atoms with van der Waals surface area (Å²) < 4.78 is 0. The quantitative estimate of drug-likeness (QED) is 0.390. The summed E-state index contributed by atoms with van der Waals surface area (Å²) in [6.45, 7) is 3.74. The Morgan fingerprint density at radius 2 is 1.44 bits per heavy atom. The fourth-order valence-corrected chi connectivity index (χ4v) is 4.78. The molecule has 0 bridgehead atoms. The smallest absolute Gasteiger partial charge is 0.257 e. The highest BCUT2D eigenvalue weighted by molar-refractivity contribution is 6.34. The van der Waals surface area contributed by atoms with Crippen molar-refractivity contribution in [1.82, 2.24) is 15.0 Å². The van der Waals surface area contributed by atoms with Crippen LogP contribution < -0.4 is 20.4 Å². The van der Waals surface area contributed by atoms with E-state index in [2.05, 4.69) is 20.4 Å². The molecule has 9 nitrogen and oxygen atoms in total. The third kappa shape index (κ3) is 5.62. The summed E-state index contributed by atoms with van der Waals surface area (Å²) in [4.78, 5) is 31.2. The lowest BCUT2D eigenvalue weighted by Gasteiger charge is -2.30. The number of nitrogens with one attached hydrogen (secondary N) is 2. The van der Waals surface area contributed by atoms with Gasteiger partial charge >= 0.3 is 0 Å². The molecule has 188 valence electrons. The standard InChI is InChI=1S/C26H30ClN7O2/c27-20-10-4-3-9-19(20)23(36)29-21-12-11-18(17-22(21)35)28-24-30-25(33-13-5-1-6-14-33)32-26(31-24)34-15-7-2-8-16-34/h3-4,9-12,17,35H,1-2,5-8,13-16H2,(H,29,36)(H,28,30,31,32). The number of aromatic hydroxyl groups is 1. The molecule has 1 amide bonds. The van der Waals surface area contributed by atoms with Crippen LogP contribution in [0.4, 0.5) is 29.2 Å². The molecule has 2 saturated heterocycles. The minimum atomic E-state index is -0.397. The highest BCUT2D eigenvalue weighted by atomic mass is 35.5. The van der Waals surface area contributed by atoms with Crippen molar-refractivity contribution >= 4 is 46.7 Å². The molecule has 5 rings (SSSR count). The molecule has 3 N–H and O–H groups in total. The summed E-state index contributed by atoms with van der Waals surface area (Å²) in [7, 11) is 0. The lowest BCUT2D eigenvalue weighted by atomic mass is 10.1. The zero-order valence-electron chi connectivity index (χ0n) is 20.1. The first-order valence-corrected chi connectivity index (χ1v) is 12.9. The van der Waals surface area contributed by atoms with E-state index >= 15 is 0 Å². The van der Waals surface area contributed by atoms with Crippen LogP contribution in [0.5, 0.6) is 5.75 Å². The fraction of sp³-hybridized carbons (Fsp3) is 0.385. The first-order chi connectivity index (χ1) is 17.6. The molecule has 2 aliphatic rings. The maximum absolute atomic E-state index is 12.6. The number of nitrogens with zero attached hydrogens (tertiary/aromatic N) is 5. The highest BCUT2D eigenvalue weighted by Crippen LogP contribution is 2.30. The Hall–Kier alpha value is -3.59. The van der Waals surface area contributed by atoms with Gasteiger partial charge in [0, 0.05) is 37.9 Å². The zero-order valence-corrected chi connectivity index (χ0v) is 20.8. The van der Waals surface area contributed by atoms with Gasteiger partial charge in [-0.1, -0.05) is 23.7 Å². The third-order valence-corrected chi connectivity index (χ3v) is 6.84. The molecular formula is C26H30ClN7O2. The number of piperidine rings is 2. The van der Waals surface area contributed by atoms with Crippen molar-refractivity contribution in [2.75, 3.05) is 46.6 Å². The number of anilines is 5. The second kappa shape index (κ2) is 11.0. The van der Waals surface area contributed by atoms with E-state index in [-0.39, 0.29) is 11.4 Å². The lowest BCUT2D eigenvalue weighted by Crippen LogP contribution is -2.34. The molecule has 2 fully saturated rings. The average Bonchev–Trinajstić information content (AvgIpc) is 2.91. The van der Waals surface area contributed by atoms with Crippen LogP contribution in [-0.4, -0.2) is 52.1 Å². The van der Waals surface area contributed by atoms with Gasteiger partial charge in [0.25, 0.3) is 5.91 Å². The van der Waals surface area contributed by atoms with Crippen LogP contribution in [0.15, 0.2) is 42.5 Å². The van der Waals surface area contributed by atoms with E-state index in [1.807, 2.05) is 0 Å². The van der Waals surface area contributed by atoms with Crippen molar-refractivity contribution in [2.24, 2.45) is 0 Å². The summed E-state index contributed by atoms with van der Waals surface area (Å²) >= 11 is 6.12. The van der Waals surface area contributed by atoms with Gasteiger partial charge in [0.05, 0.1) is 16.3 Å². The summed E-state index contributed by atoms with van der Waals surface area (Å²) in [6, 6.07) is 11.7. The monoisotopic (exact) mass is 507 g/mol. The SMILES string of the molecule is O=C(Nc1ccc(Nc2nc(N3CCCCC3)nc(N3CCCCC3)n2)cc1O)c1ccccc1Cl. The van der Waals surface area contributed by atoms with E-state index in [9.17, 15) is 9.90 Å². The Balaban J connectivity index is 1.36. The Labute approximate surface area is 215 Å². The number of hydrogen-bond donors (Lipinski definition) is 3. The number of carbonyl (C=O) groups is 1. The van der Waals surface area contributed by atoms with Crippen LogP contribution in [-0.2, 0) is 0 Å². The van der Waals surface area contributed by atoms with E-state index in [4.69, 9.17) is 26.6 Å². The van der Waals surface area contributed by atoms with E-state index < -0.39 is 5.91 Å². The van der Waals surface area contributed by atoms with Crippen LogP contribution in [0.1, 0.15) is 48.9 Å². The molecule has 0 unspecified atom stereocenters. The number of rotatable bonds is 6. The van der Waals surface area contributed by atoms with Gasteiger partial charge in [0.1, 0.15) is 5.75 Å². The van der Waals surface area contributed by atoms with Crippen molar-refractivity contribution in [3.63, 3.8) is 0 Å². The highest BCUT2D eigenvalue weighted by Gasteiger charge is 2.21. The minimum Gasteiger partial charge on any atom is -0.506 e. The van der Waals surface area contributed by atoms with Crippen molar-refractivity contribution in [1.29, 1.82) is 0 Å². The summed E-state index contributed by atoms with van der Waals surface area (Å²) in [5.74, 6) is 1.31. The predicted octanol–water partition coefficient (Wildman–Crippen LogP) is 5.21. The van der Waals surface area contributed by atoms with Crippen molar-refractivity contribution in [3.05, 3.63) is 53.1 Å². The maximum Gasteiger partial charge on any atom is 0.257 e. The summed E-state index contributed by atoms with van der Waals surface area (Å²) in [5, 5.41) is 16.9. The molecule has 0 spiro atoms. The molecular weight excluding hydrogens is 478 g/mol. The van der Waals surface area contributed by atoms with Crippen LogP contribution in [0, 0.1) is 0 Å². The molecule has 1 aromatic heterocycles. The number of phenols is 1. The number of carbonyl (C=O) groups excluding carboxylic acids is 1. The first kappa shape index (κ1) is 24.1. The van der Waals surface area contributed by atoms with Gasteiger partial charge in [-0.25, -0.2) is 0 Å². The molecule has 2 aliphatic heterocycles. The number of aromatic nitrogens is 3. The lowest BCUT2D eigenvalue weighted by molar-refractivity contribution is 0.102. The third-order valence-electron chi connectivity index (χ3n) is 6.51. The van der Waals surface area contributed by atoms with Crippen molar-refractivity contribution < 1.29 is 9.90 Å². The average molecular weight is 508 g/mol. The normalized spacial score (nSPS) is 16.0. The van der Waals surface area contributed by atoms with Crippen molar-refractivity contribution in [2.45, 2.75) is 38.5 Å². The van der Waals surface area contributed by atoms with Gasteiger partial charge in [-0.3, -0.25) is 4.79 Å². The first-order valence-electron chi connectivity index (χ1n) is 12.5. The predicted molar refractivity (Wildman–Crippen MR) is 143 cm³/mol. The van der Waals surface area contributed by atoms with Gasteiger partial charge in [-0.05, 0) is 62.8 Å². The second-order valence-electron chi connectivity index (χ2n) is 9.15. The van der Waals surface area contributed by atoms with Crippen LogP contribution >= 0.6 is 11.6 Å². The Morgan fingerprint density at radius 3 is 2.03 bits per heavy atom. The fourth-order valence-electron chi connectivity index (χ4n) is 4.56. The molecule has 0 radical (unpaired) electrons. The largest absolute Gasteiger partial charge is 0.506 e. The van der Waals surface area contributed by atoms with Crippen LogP contribution in [0.25, 0.3) is 0 Å². The van der Waals surface area contributed by atoms with Gasteiger partial charge in [-0.2, -0.15) is 15.0 Å². The van der Waals surface area contributed by atoms with Gasteiger partial charge in [0.15, 0.2) is 0 Å². The summed E-state index contributed by atoms with van der Waals surface area (Å²) in [6.07, 6.45) is 6.96. The zero-order chi connectivity index (χ0) is 24.9. The Bertz CT molecular complexity index is 1190. The molecule has 36 heavy (non-hydrogen) atoms. The van der Waals surface area contributed by atoms with Crippen LogP contribution in [0.3, 0.4) is 0 Å². The molecule has 0 saturated carbocycles. The number of halogens is 1. The van der Waals surface area contributed by atoms with Gasteiger partial charge in [0.2, 0.25) is 17.8 Å². The number of phenolic OH excluding ortho intramolecular Hbond substituents is 1. The topological polar surface area (TPSA) is 107 Å². The molecule has 0 aliphatic carbocycles.